The minimum Gasteiger partial charge on any atom is -0.432 e. The maximum absolute atomic E-state index is 13.6. The van der Waals surface area contributed by atoms with Crippen LogP contribution < -0.4 is 11.0 Å². The Morgan fingerprint density at radius 2 is 1.82 bits per heavy atom. The molecule has 0 saturated heterocycles. The van der Waals surface area contributed by atoms with Crippen LogP contribution >= 0.6 is 0 Å². The van der Waals surface area contributed by atoms with E-state index in [0.717, 1.165) is 27.8 Å². The maximum atomic E-state index is 13.6. The lowest BCUT2D eigenvalue weighted by atomic mass is 9.96. The van der Waals surface area contributed by atoms with Crippen LogP contribution in [0.25, 0.3) is 11.1 Å². The van der Waals surface area contributed by atoms with E-state index >= 15 is 0 Å². The molecule has 168 valence electrons. The molecule has 0 aliphatic carbocycles. The van der Waals surface area contributed by atoms with Gasteiger partial charge in [0.05, 0.1) is 6.54 Å². The van der Waals surface area contributed by atoms with Gasteiger partial charge in [0.2, 0.25) is 0 Å². The van der Waals surface area contributed by atoms with E-state index < -0.39 is 0 Å². The molecule has 0 aliphatic rings. The molecule has 7 heteroatoms. The smallest absolute Gasteiger partial charge is 0.293 e. The molecule has 1 heterocycles. The molecule has 0 fully saturated rings. The number of carbonyl (C=O) groups is 1. The summed E-state index contributed by atoms with van der Waals surface area (Å²) in [7, 11) is 0. The van der Waals surface area contributed by atoms with Crippen LogP contribution in [0.2, 0.25) is 0 Å². The lowest BCUT2D eigenvalue weighted by Gasteiger charge is -2.13. The molecule has 0 radical (unpaired) electrons. The van der Waals surface area contributed by atoms with E-state index in [4.69, 9.17) is 9.83 Å². The highest BCUT2D eigenvalue weighted by Crippen LogP contribution is 2.27. The first-order chi connectivity index (χ1) is 15.8. The Kier molecular flexibility index (Phi) is 6.22. The Hall–Kier alpha value is -4.00. The Morgan fingerprint density at radius 1 is 1.00 bits per heavy atom. The van der Waals surface area contributed by atoms with Gasteiger partial charge in [-0.1, -0.05) is 18.2 Å². The van der Waals surface area contributed by atoms with Gasteiger partial charge in [-0.2, -0.15) is 0 Å². The van der Waals surface area contributed by atoms with Gasteiger partial charge in [0.25, 0.3) is 11.6 Å². The van der Waals surface area contributed by atoms with Gasteiger partial charge < -0.3 is 9.73 Å². The molecule has 3 aromatic carbocycles. The van der Waals surface area contributed by atoms with Crippen LogP contribution in [0.15, 0.2) is 71.5 Å². The Labute approximate surface area is 189 Å². The van der Waals surface area contributed by atoms with E-state index in [1.54, 1.807) is 48.0 Å². The number of carbonyl (C=O) groups excluding carboxylic acids is 1. The lowest BCUT2D eigenvalue weighted by Crippen LogP contribution is -2.23. The van der Waals surface area contributed by atoms with Crippen molar-refractivity contribution in [2.24, 2.45) is 0 Å². The summed E-state index contributed by atoms with van der Waals surface area (Å²) in [6, 6.07) is 14.7. The number of aryl methyl sites for hydroxylation is 2. The SMILES string of the molecule is Cc1cc(CNC(=O)c2cc(Cn3ccoc3=N)cc(-c3ccc(F)cc3C)c2)ccc1F. The topological polar surface area (TPSA) is 71.0 Å². The quantitative estimate of drug-likeness (QED) is 0.432. The van der Waals surface area contributed by atoms with Gasteiger partial charge in [0, 0.05) is 18.3 Å². The van der Waals surface area contributed by atoms with Gasteiger partial charge in [-0.3, -0.25) is 14.8 Å². The van der Waals surface area contributed by atoms with E-state index in [1.165, 1.54) is 24.5 Å². The van der Waals surface area contributed by atoms with Gasteiger partial charge in [-0.25, -0.2) is 8.78 Å². The molecule has 0 bridgehead atoms. The number of aromatic nitrogens is 1. The molecule has 0 unspecified atom stereocenters. The van der Waals surface area contributed by atoms with Gasteiger partial charge in [0.1, 0.15) is 17.9 Å². The molecule has 1 amide bonds. The van der Waals surface area contributed by atoms with E-state index in [9.17, 15) is 13.6 Å². The molecule has 0 spiro atoms. The highest BCUT2D eigenvalue weighted by molar-refractivity contribution is 5.95. The molecule has 5 nitrogen and oxygen atoms in total. The number of nitrogens with zero attached hydrogens (tertiary/aromatic N) is 1. The summed E-state index contributed by atoms with van der Waals surface area (Å²) in [6.45, 7) is 4.08. The highest BCUT2D eigenvalue weighted by Gasteiger charge is 2.13. The molecule has 0 atom stereocenters. The zero-order chi connectivity index (χ0) is 23.5. The van der Waals surface area contributed by atoms with Crippen molar-refractivity contribution in [1.29, 1.82) is 5.41 Å². The lowest BCUT2D eigenvalue weighted by molar-refractivity contribution is 0.0951. The standard InChI is InChI=1S/C26H23F2N3O2/c1-16-10-22(27)4-5-23(16)20-11-19(15-31-7-8-33-26(31)29)12-21(13-20)25(32)30-14-18-3-6-24(28)17(2)9-18/h3-13,29H,14-15H2,1-2H3,(H,30,32). The third-order valence-electron chi connectivity index (χ3n) is 5.46. The number of rotatable bonds is 6. The second kappa shape index (κ2) is 9.24. The van der Waals surface area contributed by atoms with Gasteiger partial charge >= 0.3 is 0 Å². The molecule has 2 N–H and O–H groups in total. The predicted octanol–water partition coefficient (Wildman–Crippen LogP) is 5.10. The fraction of sp³-hybridized carbons (Fsp3) is 0.154. The number of hydrogen-bond donors (Lipinski definition) is 2. The Morgan fingerprint density at radius 3 is 2.52 bits per heavy atom. The molecule has 4 aromatic rings. The average Bonchev–Trinajstić information content (AvgIpc) is 3.18. The minimum atomic E-state index is -0.326. The van der Waals surface area contributed by atoms with Crippen LogP contribution in [0.4, 0.5) is 8.78 Å². The summed E-state index contributed by atoms with van der Waals surface area (Å²) >= 11 is 0. The number of oxazole rings is 1. The van der Waals surface area contributed by atoms with Crippen LogP contribution in [0.1, 0.15) is 32.6 Å². The largest absolute Gasteiger partial charge is 0.432 e. The van der Waals surface area contributed by atoms with Gasteiger partial charge in [-0.15, -0.1) is 0 Å². The molecule has 1 aromatic heterocycles. The zero-order valence-electron chi connectivity index (χ0n) is 18.3. The fourth-order valence-corrected chi connectivity index (χ4v) is 3.75. The summed E-state index contributed by atoms with van der Waals surface area (Å²) in [6.07, 6.45) is 3.07. The van der Waals surface area contributed by atoms with E-state index in [2.05, 4.69) is 5.32 Å². The summed E-state index contributed by atoms with van der Waals surface area (Å²) in [5.74, 6) is -0.904. The third kappa shape index (κ3) is 5.09. The van der Waals surface area contributed by atoms with Gasteiger partial charge in [0.15, 0.2) is 0 Å². The van der Waals surface area contributed by atoms with Crippen molar-refractivity contribution in [3.8, 4) is 11.1 Å². The normalized spacial score (nSPS) is 10.9. The Bertz CT molecular complexity index is 1390. The number of hydrogen-bond acceptors (Lipinski definition) is 3. The van der Waals surface area contributed by atoms with Crippen LogP contribution in [-0.2, 0) is 13.1 Å². The predicted molar refractivity (Wildman–Crippen MR) is 121 cm³/mol. The molecule has 4 rings (SSSR count). The van der Waals surface area contributed by atoms with Crippen LogP contribution in [0, 0.1) is 30.9 Å². The first kappa shape index (κ1) is 22.2. The zero-order valence-corrected chi connectivity index (χ0v) is 18.3. The first-order valence-corrected chi connectivity index (χ1v) is 10.4. The highest BCUT2D eigenvalue weighted by atomic mass is 19.1. The van der Waals surface area contributed by atoms with Gasteiger partial charge in [-0.05, 0) is 83.6 Å². The van der Waals surface area contributed by atoms with Crippen molar-refractivity contribution in [3.05, 3.63) is 112 Å². The number of nitrogens with one attached hydrogen (secondary N) is 2. The first-order valence-electron chi connectivity index (χ1n) is 10.4. The molecule has 33 heavy (non-hydrogen) atoms. The number of benzene rings is 3. The van der Waals surface area contributed by atoms with Crippen molar-refractivity contribution in [1.82, 2.24) is 9.88 Å². The number of halogens is 2. The molecular formula is C26H23F2N3O2. The van der Waals surface area contributed by atoms with Crippen LogP contribution in [0.3, 0.4) is 0 Å². The molecular weight excluding hydrogens is 424 g/mol. The van der Waals surface area contributed by atoms with E-state index in [-0.39, 0.29) is 29.8 Å². The molecule has 0 aliphatic heterocycles. The second-order valence-electron chi connectivity index (χ2n) is 7.98. The van der Waals surface area contributed by atoms with E-state index in [0.29, 0.717) is 17.7 Å². The maximum Gasteiger partial charge on any atom is 0.293 e. The average molecular weight is 447 g/mol. The summed E-state index contributed by atoms with van der Waals surface area (Å²) in [5, 5.41) is 10.7. The van der Waals surface area contributed by atoms with Crippen molar-refractivity contribution < 1.29 is 18.0 Å². The van der Waals surface area contributed by atoms with Crippen LogP contribution in [0.5, 0.6) is 0 Å². The monoisotopic (exact) mass is 447 g/mol. The van der Waals surface area contributed by atoms with Crippen molar-refractivity contribution >= 4 is 5.91 Å². The Balaban J connectivity index is 1.67. The number of amides is 1. The van der Waals surface area contributed by atoms with Crippen molar-refractivity contribution in [2.75, 3.05) is 0 Å². The summed E-state index contributed by atoms with van der Waals surface area (Å²) < 4.78 is 33.8. The second-order valence-corrected chi connectivity index (χ2v) is 7.98. The molecule has 0 saturated carbocycles. The minimum absolute atomic E-state index is 0.00366. The fourth-order valence-electron chi connectivity index (χ4n) is 3.75. The van der Waals surface area contributed by atoms with Crippen molar-refractivity contribution in [3.63, 3.8) is 0 Å². The van der Waals surface area contributed by atoms with Crippen LogP contribution in [-0.4, -0.2) is 10.5 Å². The van der Waals surface area contributed by atoms with E-state index in [1.807, 2.05) is 13.0 Å². The van der Waals surface area contributed by atoms with Crippen molar-refractivity contribution in [2.45, 2.75) is 26.9 Å². The third-order valence-corrected chi connectivity index (χ3v) is 5.46. The summed E-state index contributed by atoms with van der Waals surface area (Å²) in [4.78, 5) is 13.0. The summed E-state index contributed by atoms with van der Waals surface area (Å²) in [5.41, 5.74) is 4.85.